The zero-order valence-electron chi connectivity index (χ0n) is 10.4. The van der Waals surface area contributed by atoms with E-state index in [-0.39, 0.29) is 6.04 Å². The van der Waals surface area contributed by atoms with Crippen LogP contribution in [0.5, 0.6) is 0 Å². The lowest BCUT2D eigenvalue weighted by molar-refractivity contribution is 0.496. The first-order valence-electron chi connectivity index (χ1n) is 6.13. The molecule has 2 aromatic carbocycles. The first-order valence-corrected chi connectivity index (χ1v) is 6.13. The van der Waals surface area contributed by atoms with E-state index in [2.05, 4.69) is 5.32 Å². The van der Waals surface area contributed by atoms with Gasteiger partial charge in [-0.1, -0.05) is 36.4 Å². The number of hydrogen-bond acceptors (Lipinski definition) is 2. The fraction of sp³-hybridized carbons (Fsp3) is 0.200. The molecule has 0 spiro atoms. The molecule has 1 unspecified atom stereocenters. The van der Waals surface area contributed by atoms with Crippen LogP contribution in [0, 0.1) is 11.6 Å². The van der Waals surface area contributed by atoms with Gasteiger partial charge >= 0.3 is 0 Å². The quantitative estimate of drug-likeness (QED) is 0.869. The molecule has 0 fully saturated rings. The topological polar surface area (TPSA) is 38.0 Å². The zero-order chi connectivity index (χ0) is 13.7. The van der Waals surface area contributed by atoms with E-state index < -0.39 is 11.6 Å². The molecule has 0 heterocycles. The fourth-order valence-corrected chi connectivity index (χ4v) is 1.90. The summed E-state index contributed by atoms with van der Waals surface area (Å²) in [4.78, 5) is 0. The predicted octanol–water partition coefficient (Wildman–Crippen LogP) is 2.75. The monoisotopic (exact) mass is 262 g/mol. The van der Waals surface area contributed by atoms with Gasteiger partial charge in [-0.15, -0.1) is 0 Å². The highest BCUT2D eigenvalue weighted by atomic mass is 19.2. The lowest BCUT2D eigenvalue weighted by atomic mass is 10.1. The third-order valence-corrected chi connectivity index (χ3v) is 2.98. The zero-order valence-corrected chi connectivity index (χ0v) is 10.4. The van der Waals surface area contributed by atoms with Crippen molar-refractivity contribution in [2.75, 3.05) is 6.54 Å². The molecular weight excluding hydrogens is 246 g/mol. The Kier molecular flexibility index (Phi) is 4.60. The van der Waals surface area contributed by atoms with Gasteiger partial charge in [-0.05, 0) is 23.3 Å². The van der Waals surface area contributed by atoms with E-state index in [9.17, 15) is 8.78 Å². The maximum absolute atomic E-state index is 13.2. The minimum absolute atomic E-state index is 0.199. The molecule has 0 aliphatic rings. The molecule has 1 atom stereocenters. The van der Waals surface area contributed by atoms with E-state index >= 15 is 0 Å². The Hall–Kier alpha value is -1.78. The molecule has 0 bridgehead atoms. The normalized spacial score (nSPS) is 12.4. The van der Waals surface area contributed by atoms with Crippen molar-refractivity contribution in [3.05, 3.63) is 71.3 Å². The summed E-state index contributed by atoms with van der Waals surface area (Å²) in [7, 11) is 0. The Balaban J connectivity index is 2.05. The summed E-state index contributed by atoms with van der Waals surface area (Å²) >= 11 is 0. The van der Waals surface area contributed by atoms with Crippen LogP contribution in [0.2, 0.25) is 0 Å². The molecule has 0 aromatic heterocycles. The van der Waals surface area contributed by atoms with E-state index in [4.69, 9.17) is 5.73 Å². The van der Waals surface area contributed by atoms with Crippen LogP contribution in [0.4, 0.5) is 8.78 Å². The standard InChI is InChI=1S/C15H16F2N2/c16-13-7-6-12(8-14(13)17)15(9-18)19-10-11-4-2-1-3-5-11/h1-8,15,19H,9-10,18H2. The number of benzene rings is 2. The number of halogens is 2. The van der Waals surface area contributed by atoms with Crippen LogP contribution in [-0.4, -0.2) is 6.54 Å². The molecule has 0 aliphatic carbocycles. The highest BCUT2D eigenvalue weighted by Gasteiger charge is 2.11. The molecule has 0 amide bonds. The molecule has 2 rings (SSSR count). The third kappa shape index (κ3) is 3.59. The van der Waals surface area contributed by atoms with E-state index in [1.54, 1.807) is 6.07 Å². The van der Waals surface area contributed by atoms with Gasteiger partial charge in [0.25, 0.3) is 0 Å². The lowest BCUT2D eigenvalue weighted by Crippen LogP contribution is -2.28. The summed E-state index contributed by atoms with van der Waals surface area (Å²) in [5.74, 6) is -1.69. The van der Waals surface area contributed by atoms with E-state index in [1.807, 2.05) is 30.3 Å². The van der Waals surface area contributed by atoms with Crippen LogP contribution >= 0.6 is 0 Å². The van der Waals surface area contributed by atoms with Gasteiger partial charge in [0, 0.05) is 19.1 Å². The first-order chi connectivity index (χ1) is 9.20. The van der Waals surface area contributed by atoms with Gasteiger partial charge in [0.15, 0.2) is 11.6 Å². The van der Waals surface area contributed by atoms with Crippen LogP contribution < -0.4 is 11.1 Å². The second-order valence-corrected chi connectivity index (χ2v) is 4.33. The summed E-state index contributed by atoms with van der Waals surface area (Å²) in [6.07, 6.45) is 0. The second-order valence-electron chi connectivity index (χ2n) is 4.33. The summed E-state index contributed by atoms with van der Waals surface area (Å²) in [6, 6.07) is 13.5. The Morgan fingerprint density at radius 1 is 1.00 bits per heavy atom. The Morgan fingerprint density at radius 3 is 2.37 bits per heavy atom. The van der Waals surface area contributed by atoms with Crippen LogP contribution in [-0.2, 0) is 6.54 Å². The average molecular weight is 262 g/mol. The number of nitrogens with one attached hydrogen (secondary N) is 1. The van der Waals surface area contributed by atoms with E-state index in [1.165, 1.54) is 6.07 Å². The Morgan fingerprint density at radius 2 is 1.74 bits per heavy atom. The van der Waals surface area contributed by atoms with Crippen LogP contribution in [0.1, 0.15) is 17.2 Å². The van der Waals surface area contributed by atoms with Gasteiger partial charge in [-0.25, -0.2) is 8.78 Å². The van der Waals surface area contributed by atoms with Crippen LogP contribution in [0.25, 0.3) is 0 Å². The first kappa shape index (κ1) is 13.6. The van der Waals surface area contributed by atoms with Crippen LogP contribution in [0.3, 0.4) is 0 Å². The molecule has 0 radical (unpaired) electrons. The molecule has 2 aromatic rings. The van der Waals surface area contributed by atoms with Gasteiger partial charge in [0.1, 0.15) is 0 Å². The van der Waals surface area contributed by atoms with Crippen molar-refractivity contribution in [1.82, 2.24) is 5.32 Å². The average Bonchev–Trinajstić information content (AvgIpc) is 2.44. The van der Waals surface area contributed by atoms with Crippen molar-refractivity contribution < 1.29 is 8.78 Å². The molecule has 100 valence electrons. The van der Waals surface area contributed by atoms with Crippen molar-refractivity contribution in [2.45, 2.75) is 12.6 Å². The van der Waals surface area contributed by atoms with Gasteiger partial charge in [-0.2, -0.15) is 0 Å². The highest BCUT2D eigenvalue weighted by molar-refractivity contribution is 5.22. The van der Waals surface area contributed by atoms with E-state index in [0.717, 1.165) is 11.6 Å². The minimum atomic E-state index is -0.850. The SMILES string of the molecule is NCC(NCc1ccccc1)c1ccc(F)c(F)c1. The Bertz CT molecular complexity index is 529. The van der Waals surface area contributed by atoms with Crippen molar-refractivity contribution in [3.8, 4) is 0 Å². The van der Waals surface area contributed by atoms with Crippen molar-refractivity contribution >= 4 is 0 Å². The Labute approximate surface area is 111 Å². The van der Waals surface area contributed by atoms with Gasteiger partial charge in [-0.3, -0.25) is 0 Å². The van der Waals surface area contributed by atoms with Gasteiger partial charge < -0.3 is 11.1 Å². The highest BCUT2D eigenvalue weighted by Crippen LogP contribution is 2.16. The fourth-order valence-electron chi connectivity index (χ4n) is 1.90. The summed E-state index contributed by atoms with van der Waals surface area (Å²) in [6.45, 7) is 0.944. The summed E-state index contributed by atoms with van der Waals surface area (Å²) in [5.41, 5.74) is 7.44. The minimum Gasteiger partial charge on any atom is -0.329 e. The maximum Gasteiger partial charge on any atom is 0.159 e. The number of rotatable bonds is 5. The largest absolute Gasteiger partial charge is 0.329 e. The smallest absolute Gasteiger partial charge is 0.159 e. The van der Waals surface area contributed by atoms with Gasteiger partial charge in [0.2, 0.25) is 0 Å². The van der Waals surface area contributed by atoms with Crippen molar-refractivity contribution in [2.24, 2.45) is 5.73 Å². The second kappa shape index (κ2) is 6.41. The molecule has 4 heteroatoms. The van der Waals surface area contributed by atoms with Crippen LogP contribution in [0.15, 0.2) is 48.5 Å². The molecule has 0 saturated carbocycles. The van der Waals surface area contributed by atoms with E-state index in [0.29, 0.717) is 18.7 Å². The number of hydrogen-bond donors (Lipinski definition) is 2. The van der Waals surface area contributed by atoms with Gasteiger partial charge in [0.05, 0.1) is 0 Å². The molecular formula is C15H16F2N2. The van der Waals surface area contributed by atoms with Crippen molar-refractivity contribution in [3.63, 3.8) is 0 Å². The number of nitrogens with two attached hydrogens (primary N) is 1. The molecule has 0 saturated heterocycles. The molecule has 19 heavy (non-hydrogen) atoms. The molecule has 3 N–H and O–H groups in total. The summed E-state index contributed by atoms with van der Waals surface area (Å²) in [5, 5.41) is 3.23. The molecule has 0 aliphatic heterocycles. The maximum atomic E-state index is 13.2. The lowest BCUT2D eigenvalue weighted by Gasteiger charge is -2.17. The summed E-state index contributed by atoms with van der Waals surface area (Å²) < 4.78 is 26.1. The van der Waals surface area contributed by atoms with Crippen molar-refractivity contribution in [1.29, 1.82) is 0 Å². The predicted molar refractivity (Wildman–Crippen MR) is 71.4 cm³/mol. The third-order valence-electron chi connectivity index (χ3n) is 2.98. The molecule has 2 nitrogen and oxygen atoms in total.